The Labute approximate surface area is 159 Å². The molecule has 2 fully saturated rings. The lowest BCUT2D eigenvalue weighted by Crippen LogP contribution is -2.46. The fraction of sp³-hybridized carbons (Fsp3) is 0.579. The second-order valence-corrected chi connectivity index (χ2v) is 7.28. The molecule has 144 valence electrons. The minimum atomic E-state index is -1.82. The molecule has 2 heterocycles. The second-order valence-electron chi connectivity index (χ2n) is 6.84. The Morgan fingerprint density at radius 1 is 1.00 bits per heavy atom. The number of rotatable bonds is 3. The molecule has 0 unspecified atom stereocenters. The standard InChI is InChI=1S/C17H25ClN2.C2H2O4/c18-16-6-4-5-15(13-16)14-19-11-7-17(8-12-19)20-9-2-1-3-10-20;3-1(4)2(5)6/h4-6,13,17H,1-3,7-12,14H2;(H,3,4)(H,5,6). The van der Waals surface area contributed by atoms with Crippen molar-refractivity contribution in [1.29, 1.82) is 0 Å². The number of nitrogens with zero attached hydrogens (tertiary/aromatic N) is 2. The molecule has 26 heavy (non-hydrogen) atoms. The number of carboxylic acids is 2. The largest absolute Gasteiger partial charge is 0.473 e. The van der Waals surface area contributed by atoms with Crippen LogP contribution in [-0.4, -0.2) is 64.2 Å². The van der Waals surface area contributed by atoms with Crippen LogP contribution in [0.25, 0.3) is 0 Å². The van der Waals surface area contributed by atoms with Gasteiger partial charge in [0.15, 0.2) is 0 Å². The van der Waals surface area contributed by atoms with Crippen LogP contribution in [0.2, 0.25) is 5.02 Å². The molecule has 2 saturated heterocycles. The summed E-state index contributed by atoms with van der Waals surface area (Å²) in [6.07, 6.45) is 6.91. The minimum Gasteiger partial charge on any atom is -0.473 e. The quantitative estimate of drug-likeness (QED) is 0.782. The number of hydrogen-bond acceptors (Lipinski definition) is 4. The SMILES string of the molecule is Clc1cccc(CN2CCC(N3CCCCC3)CC2)c1.O=C(O)C(=O)O. The predicted octanol–water partition coefficient (Wildman–Crippen LogP) is 2.95. The summed E-state index contributed by atoms with van der Waals surface area (Å²) in [7, 11) is 0. The van der Waals surface area contributed by atoms with Gasteiger partial charge < -0.3 is 15.1 Å². The lowest BCUT2D eigenvalue weighted by Gasteiger charge is -2.40. The van der Waals surface area contributed by atoms with Gasteiger partial charge in [0.2, 0.25) is 0 Å². The fourth-order valence-electron chi connectivity index (χ4n) is 3.62. The van der Waals surface area contributed by atoms with Gasteiger partial charge in [-0.2, -0.15) is 0 Å². The molecule has 6 nitrogen and oxygen atoms in total. The zero-order valence-electron chi connectivity index (χ0n) is 14.9. The van der Waals surface area contributed by atoms with Gasteiger partial charge in [0.1, 0.15) is 0 Å². The molecule has 1 aromatic carbocycles. The van der Waals surface area contributed by atoms with Crippen LogP contribution in [0.3, 0.4) is 0 Å². The minimum absolute atomic E-state index is 0.839. The molecule has 0 amide bonds. The smallest absolute Gasteiger partial charge is 0.414 e. The van der Waals surface area contributed by atoms with E-state index >= 15 is 0 Å². The molecular formula is C19H27ClN2O4. The molecule has 2 N–H and O–H groups in total. The van der Waals surface area contributed by atoms with E-state index in [2.05, 4.69) is 28.0 Å². The van der Waals surface area contributed by atoms with Crippen molar-refractivity contribution in [2.45, 2.75) is 44.7 Å². The van der Waals surface area contributed by atoms with Crippen molar-refractivity contribution in [2.24, 2.45) is 0 Å². The molecule has 0 aromatic heterocycles. The zero-order chi connectivity index (χ0) is 18.9. The number of halogens is 1. The Kier molecular flexibility index (Phi) is 8.35. The Bertz CT molecular complexity index is 585. The summed E-state index contributed by atoms with van der Waals surface area (Å²) in [5.74, 6) is -3.65. The van der Waals surface area contributed by atoms with E-state index < -0.39 is 11.9 Å². The van der Waals surface area contributed by atoms with Crippen molar-refractivity contribution >= 4 is 23.5 Å². The van der Waals surface area contributed by atoms with Crippen LogP contribution in [-0.2, 0) is 16.1 Å². The maximum atomic E-state index is 9.10. The van der Waals surface area contributed by atoms with Gasteiger partial charge >= 0.3 is 11.9 Å². The van der Waals surface area contributed by atoms with E-state index in [1.165, 1.54) is 63.8 Å². The molecule has 0 aliphatic carbocycles. The first kappa shape index (κ1) is 20.7. The Balaban J connectivity index is 0.000000352. The van der Waals surface area contributed by atoms with E-state index in [1.54, 1.807) is 0 Å². The highest BCUT2D eigenvalue weighted by Crippen LogP contribution is 2.22. The maximum absolute atomic E-state index is 9.10. The number of benzene rings is 1. The Morgan fingerprint density at radius 3 is 2.15 bits per heavy atom. The monoisotopic (exact) mass is 382 g/mol. The van der Waals surface area contributed by atoms with Crippen LogP contribution in [0.15, 0.2) is 24.3 Å². The van der Waals surface area contributed by atoms with Crippen molar-refractivity contribution in [3.05, 3.63) is 34.9 Å². The van der Waals surface area contributed by atoms with Crippen molar-refractivity contribution in [3.8, 4) is 0 Å². The van der Waals surface area contributed by atoms with Crippen LogP contribution < -0.4 is 0 Å². The zero-order valence-corrected chi connectivity index (χ0v) is 15.7. The molecule has 1 aromatic rings. The van der Waals surface area contributed by atoms with E-state index in [9.17, 15) is 0 Å². The van der Waals surface area contributed by atoms with Gasteiger partial charge in [0, 0.05) is 17.6 Å². The fourth-order valence-corrected chi connectivity index (χ4v) is 3.83. The van der Waals surface area contributed by atoms with Gasteiger partial charge in [-0.05, 0) is 69.6 Å². The maximum Gasteiger partial charge on any atom is 0.414 e. The van der Waals surface area contributed by atoms with Crippen molar-refractivity contribution in [1.82, 2.24) is 9.80 Å². The van der Waals surface area contributed by atoms with Crippen LogP contribution in [0.1, 0.15) is 37.7 Å². The Hall–Kier alpha value is -1.63. The van der Waals surface area contributed by atoms with Crippen LogP contribution in [0.5, 0.6) is 0 Å². The topological polar surface area (TPSA) is 81.1 Å². The van der Waals surface area contributed by atoms with Gasteiger partial charge in [-0.3, -0.25) is 4.90 Å². The molecule has 2 aliphatic heterocycles. The molecule has 7 heteroatoms. The van der Waals surface area contributed by atoms with Gasteiger partial charge in [0.25, 0.3) is 0 Å². The van der Waals surface area contributed by atoms with Gasteiger partial charge in [-0.15, -0.1) is 0 Å². The van der Waals surface area contributed by atoms with E-state index in [4.69, 9.17) is 31.4 Å². The molecule has 0 atom stereocenters. The summed E-state index contributed by atoms with van der Waals surface area (Å²) in [5, 5.41) is 15.6. The van der Waals surface area contributed by atoms with Gasteiger partial charge in [-0.1, -0.05) is 30.2 Å². The van der Waals surface area contributed by atoms with Crippen molar-refractivity contribution < 1.29 is 19.8 Å². The number of carboxylic acid groups (broad SMARTS) is 2. The second kappa shape index (κ2) is 10.5. The van der Waals surface area contributed by atoms with Gasteiger partial charge in [0.05, 0.1) is 0 Å². The highest BCUT2D eigenvalue weighted by Gasteiger charge is 2.25. The number of aliphatic carboxylic acids is 2. The predicted molar refractivity (Wildman–Crippen MR) is 100 cm³/mol. The number of carbonyl (C=O) groups is 2. The molecule has 0 bridgehead atoms. The summed E-state index contributed by atoms with van der Waals surface area (Å²) >= 11 is 6.06. The van der Waals surface area contributed by atoms with Crippen molar-refractivity contribution in [2.75, 3.05) is 26.2 Å². The number of piperidine rings is 2. The lowest BCUT2D eigenvalue weighted by atomic mass is 9.99. The van der Waals surface area contributed by atoms with E-state index in [0.29, 0.717) is 0 Å². The average Bonchev–Trinajstić information content (AvgIpc) is 2.63. The summed E-state index contributed by atoms with van der Waals surface area (Å²) in [6, 6.07) is 9.12. The molecule has 2 aliphatic rings. The molecule has 0 saturated carbocycles. The highest BCUT2D eigenvalue weighted by molar-refractivity contribution is 6.30. The molecule has 3 rings (SSSR count). The van der Waals surface area contributed by atoms with E-state index in [0.717, 1.165) is 17.6 Å². The first-order chi connectivity index (χ1) is 12.5. The van der Waals surface area contributed by atoms with E-state index in [1.807, 2.05) is 6.07 Å². The first-order valence-corrected chi connectivity index (χ1v) is 9.50. The summed E-state index contributed by atoms with van der Waals surface area (Å²) in [6.45, 7) is 6.17. The molecule has 0 radical (unpaired) electrons. The lowest BCUT2D eigenvalue weighted by molar-refractivity contribution is -0.159. The third-order valence-corrected chi connectivity index (χ3v) is 5.18. The number of likely N-dealkylation sites (tertiary alicyclic amines) is 2. The third kappa shape index (κ3) is 6.94. The molecular weight excluding hydrogens is 356 g/mol. The van der Waals surface area contributed by atoms with E-state index in [-0.39, 0.29) is 0 Å². The highest BCUT2D eigenvalue weighted by atomic mass is 35.5. The summed E-state index contributed by atoms with van der Waals surface area (Å²) in [4.78, 5) is 23.5. The molecule has 0 spiro atoms. The summed E-state index contributed by atoms with van der Waals surface area (Å²) < 4.78 is 0. The first-order valence-electron chi connectivity index (χ1n) is 9.13. The normalized spacial score (nSPS) is 19.4. The van der Waals surface area contributed by atoms with Gasteiger partial charge in [-0.25, -0.2) is 9.59 Å². The summed E-state index contributed by atoms with van der Waals surface area (Å²) in [5.41, 5.74) is 1.34. The number of hydrogen-bond donors (Lipinski definition) is 2. The average molecular weight is 383 g/mol. The van der Waals surface area contributed by atoms with Crippen LogP contribution in [0.4, 0.5) is 0 Å². The Morgan fingerprint density at radius 2 is 1.62 bits per heavy atom. The third-order valence-electron chi connectivity index (χ3n) is 4.94. The van der Waals surface area contributed by atoms with Crippen LogP contribution in [0, 0.1) is 0 Å². The van der Waals surface area contributed by atoms with Crippen LogP contribution >= 0.6 is 11.6 Å². The van der Waals surface area contributed by atoms with Crippen molar-refractivity contribution in [3.63, 3.8) is 0 Å².